The van der Waals surface area contributed by atoms with E-state index in [1.54, 1.807) is 6.92 Å². The molecule has 1 aromatic carbocycles. The second-order valence-corrected chi connectivity index (χ2v) is 6.07. The van der Waals surface area contributed by atoms with Gasteiger partial charge in [0.1, 0.15) is 5.58 Å². The minimum atomic E-state index is -0.0138. The predicted octanol–water partition coefficient (Wildman–Crippen LogP) is 4.69. The number of hydrogen-bond donors (Lipinski definition) is 0. The van der Waals surface area contributed by atoms with Crippen LogP contribution < -0.4 is 0 Å². The normalized spacial score (nSPS) is 11.4. The zero-order valence-corrected chi connectivity index (χ0v) is 12.1. The van der Waals surface area contributed by atoms with Gasteiger partial charge in [0.2, 0.25) is 0 Å². The molecule has 0 bridgehead atoms. The third-order valence-corrected chi connectivity index (χ3v) is 4.23. The van der Waals surface area contributed by atoms with Crippen LogP contribution in [0.4, 0.5) is 0 Å². The maximum atomic E-state index is 11.4. The van der Waals surface area contributed by atoms with Crippen molar-refractivity contribution in [3.05, 3.63) is 29.5 Å². The summed E-state index contributed by atoms with van der Waals surface area (Å²) < 4.78 is 5.64. The molecule has 0 atom stereocenters. The Morgan fingerprint density at radius 1 is 1.39 bits per heavy atom. The molecule has 2 aromatic rings. The fourth-order valence-corrected chi connectivity index (χ4v) is 2.77. The first-order valence-electron chi connectivity index (χ1n) is 6.16. The Morgan fingerprint density at radius 2 is 2.11 bits per heavy atom. The van der Waals surface area contributed by atoms with E-state index in [4.69, 9.17) is 4.42 Å². The van der Waals surface area contributed by atoms with Crippen LogP contribution in [0.5, 0.6) is 0 Å². The van der Waals surface area contributed by atoms with Gasteiger partial charge in [-0.05, 0) is 31.0 Å². The van der Waals surface area contributed by atoms with Crippen LogP contribution in [0.3, 0.4) is 0 Å². The molecule has 0 unspecified atom stereocenters. The highest BCUT2D eigenvalue weighted by molar-refractivity contribution is 7.99. The van der Waals surface area contributed by atoms with E-state index in [2.05, 4.69) is 19.9 Å². The van der Waals surface area contributed by atoms with Gasteiger partial charge in [-0.2, -0.15) is 0 Å². The summed E-state index contributed by atoms with van der Waals surface area (Å²) in [4.78, 5) is 12.6. The lowest BCUT2D eigenvalue weighted by atomic mass is 10.1. The van der Waals surface area contributed by atoms with Crippen molar-refractivity contribution in [1.29, 1.82) is 0 Å². The van der Waals surface area contributed by atoms with E-state index in [9.17, 15) is 4.79 Å². The lowest BCUT2D eigenvalue weighted by Gasteiger charge is -2.03. The number of thioether (sulfide) groups is 1. The lowest BCUT2D eigenvalue weighted by Crippen LogP contribution is -1.90. The molecule has 0 spiro atoms. The predicted molar refractivity (Wildman–Crippen MR) is 76.5 cm³/mol. The van der Waals surface area contributed by atoms with Crippen molar-refractivity contribution >= 4 is 28.5 Å². The molecule has 0 fully saturated rings. The zero-order chi connectivity index (χ0) is 13.3. The molecule has 0 aliphatic heterocycles. The SMILES string of the molecule is CC(=O)c1oc2cc(SCC(C)C)ccc2c1C. The fourth-order valence-electron chi connectivity index (χ4n) is 1.89. The summed E-state index contributed by atoms with van der Waals surface area (Å²) in [5.41, 5.74) is 1.75. The van der Waals surface area contributed by atoms with Crippen molar-refractivity contribution in [2.45, 2.75) is 32.6 Å². The van der Waals surface area contributed by atoms with Gasteiger partial charge in [0.15, 0.2) is 11.5 Å². The summed E-state index contributed by atoms with van der Waals surface area (Å²) in [6, 6.07) is 6.17. The summed E-state index contributed by atoms with van der Waals surface area (Å²) in [6.45, 7) is 7.88. The highest BCUT2D eigenvalue weighted by atomic mass is 32.2. The van der Waals surface area contributed by atoms with Gasteiger partial charge in [-0.3, -0.25) is 4.79 Å². The maximum Gasteiger partial charge on any atom is 0.195 e. The number of furan rings is 1. The van der Waals surface area contributed by atoms with Gasteiger partial charge in [0, 0.05) is 28.5 Å². The average molecular weight is 262 g/mol. The van der Waals surface area contributed by atoms with Crippen LogP contribution in [0, 0.1) is 12.8 Å². The summed E-state index contributed by atoms with van der Waals surface area (Å²) in [5, 5.41) is 1.04. The Kier molecular flexibility index (Phi) is 3.81. The third kappa shape index (κ3) is 2.61. The van der Waals surface area contributed by atoms with Crippen LogP contribution in [0.15, 0.2) is 27.5 Å². The van der Waals surface area contributed by atoms with Crippen LogP contribution in [-0.4, -0.2) is 11.5 Å². The Morgan fingerprint density at radius 3 is 2.72 bits per heavy atom. The molecular weight excluding hydrogens is 244 g/mol. The third-order valence-electron chi connectivity index (χ3n) is 2.81. The maximum absolute atomic E-state index is 11.4. The molecule has 0 N–H and O–H groups in total. The second-order valence-electron chi connectivity index (χ2n) is 4.98. The van der Waals surface area contributed by atoms with E-state index in [0.717, 1.165) is 22.3 Å². The van der Waals surface area contributed by atoms with Gasteiger partial charge >= 0.3 is 0 Å². The molecule has 0 radical (unpaired) electrons. The number of Topliss-reactive ketones (excluding diaryl/α,β-unsaturated/α-hetero) is 1. The number of benzene rings is 1. The van der Waals surface area contributed by atoms with Crippen molar-refractivity contribution in [1.82, 2.24) is 0 Å². The number of ketones is 1. The molecule has 0 aliphatic carbocycles. The number of carbonyl (C=O) groups excluding carboxylic acids is 1. The molecule has 1 heterocycles. The van der Waals surface area contributed by atoms with Crippen molar-refractivity contribution in [3.63, 3.8) is 0 Å². The Labute approximate surface area is 112 Å². The van der Waals surface area contributed by atoms with Crippen molar-refractivity contribution < 1.29 is 9.21 Å². The standard InChI is InChI=1S/C15H18O2S/c1-9(2)8-18-12-5-6-13-10(3)15(11(4)16)17-14(13)7-12/h5-7,9H,8H2,1-4H3. The second kappa shape index (κ2) is 5.19. The molecule has 1 aromatic heterocycles. The van der Waals surface area contributed by atoms with Crippen LogP contribution in [-0.2, 0) is 0 Å². The topological polar surface area (TPSA) is 30.2 Å². The lowest BCUT2D eigenvalue weighted by molar-refractivity contribution is 0.0988. The molecule has 96 valence electrons. The van der Waals surface area contributed by atoms with E-state index < -0.39 is 0 Å². The number of carbonyl (C=O) groups is 1. The van der Waals surface area contributed by atoms with E-state index in [1.807, 2.05) is 30.8 Å². The summed E-state index contributed by atoms with van der Waals surface area (Å²) >= 11 is 1.82. The first-order chi connectivity index (χ1) is 8.49. The number of rotatable bonds is 4. The smallest absolute Gasteiger partial charge is 0.195 e. The molecule has 0 amide bonds. The number of hydrogen-bond acceptors (Lipinski definition) is 3. The van der Waals surface area contributed by atoms with Gasteiger partial charge in [0.05, 0.1) is 0 Å². The van der Waals surface area contributed by atoms with Gasteiger partial charge in [-0.25, -0.2) is 0 Å². The summed E-state index contributed by atoms with van der Waals surface area (Å²) in [7, 11) is 0. The summed E-state index contributed by atoms with van der Waals surface area (Å²) in [5.74, 6) is 2.22. The molecule has 2 rings (SSSR count). The molecule has 3 heteroatoms. The highest BCUT2D eigenvalue weighted by Gasteiger charge is 2.14. The van der Waals surface area contributed by atoms with Crippen LogP contribution in [0.1, 0.15) is 36.9 Å². The largest absolute Gasteiger partial charge is 0.453 e. The van der Waals surface area contributed by atoms with Gasteiger partial charge < -0.3 is 4.42 Å². The first-order valence-corrected chi connectivity index (χ1v) is 7.14. The van der Waals surface area contributed by atoms with Crippen LogP contribution >= 0.6 is 11.8 Å². The molecule has 0 saturated carbocycles. The van der Waals surface area contributed by atoms with Gasteiger partial charge in [-0.15, -0.1) is 11.8 Å². The molecule has 0 saturated heterocycles. The minimum absolute atomic E-state index is 0.0138. The van der Waals surface area contributed by atoms with Crippen molar-refractivity contribution in [3.8, 4) is 0 Å². The van der Waals surface area contributed by atoms with Crippen LogP contribution in [0.25, 0.3) is 11.0 Å². The van der Waals surface area contributed by atoms with Crippen LogP contribution in [0.2, 0.25) is 0 Å². The monoisotopic (exact) mass is 262 g/mol. The van der Waals surface area contributed by atoms with Crippen molar-refractivity contribution in [2.24, 2.45) is 5.92 Å². The quantitative estimate of drug-likeness (QED) is 0.591. The summed E-state index contributed by atoms with van der Waals surface area (Å²) in [6.07, 6.45) is 0. The van der Waals surface area contributed by atoms with E-state index in [-0.39, 0.29) is 5.78 Å². The molecular formula is C15H18O2S. The van der Waals surface area contributed by atoms with Crippen molar-refractivity contribution in [2.75, 3.05) is 5.75 Å². The zero-order valence-electron chi connectivity index (χ0n) is 11.2. The fraction of sp³-hybridized carbons (Fsp3) is 0.400. The number of fused-ring (bicyclic) bond motifs is 1. The molecule has 2 nitrogen and oxygen atoms in total. The average Bonchev–Trinajstić information content (AvgIpc) is 2.64. The van der Waals surface area contributed by atoms with Gasteiger partial charge in [0.25, 0.3) is 0 Å². The molecule has 18 heavy (non-hydrogen) atoms. The Bertz CT molecular complexity index is 581. The first kappa shape index (κ1) is 13.2. The highest BCUT2D eigenvalue weighted by Crippen LogP contribution is 2.30. The molecule has 0 aliphatic rings. The number of aryl methyl sites for hydroxylation is 1. The van der Waals surface area contributed by atoms with E-state index in [0.29, 0.717) is 11.7 Å². The van der Waals surface area contributed by atoms with Gasteiger partial charge in [-0.1, -0.05) is 13.8 Å². The Hall–Kier alpha value is -1.22. The minimum Gasteiger partial charge on any atom is -0.453 e. The van der Waals surface area contributed by atoms with E-state index in [1.165, 1.54) is 4.90 Å². The Balaban J connectivity index is 2.37. The van der Waals surface area contributed by atoms with E-state index >= 15 is 0 Å².